The van der Waals surface area contributed by atoms with E-state index < -0.39 is 10.8 Å². The quantitative estimate of drug-likeness (QED) is 0.662. The Labute approximate surface area is 127 Å². The topological polar surface area (TPSA) is 108 Å². The summed E-state index contributed by atoms with van der Waals surface area (Å²) in [4.78, 5) is 22.7. The summed E-state index contributed by atoms with van der Waals surface area (Å²) in [6.45, 7) is 6.44. The van der Waals surface area contributed by atoms with Gasteiger partial charge in [0.15, 0.2) is 0 Å². The molecule has 0 aromatic carbocycles. The van der Waals surface area contributed by atoms with Crippen molar-refractivity contribution in [3.63, 3.8) is 0 Å². The van der Waals surface area contributed by atoms with Crippen LogP contribution < -0.4 is 5.32 Å². The van der Waals surface area contributed by atoms with Crippen LogP contribution in [0, 0.1) is 17.0 Å². The normalized spacial score (nSPS) is 12.2. The van der Waals surface area contributed by atoms with Crippen LogP contribution in [0.5, 0.6) is 0 Å². The van der Waals surface area contributed by atoms with Crippen molar-refractivity contribution >= 4 is 11.6 Å². The molecule has 2 rings (SSSR count). The Hall–Kier alpha value is -2.71. The highest BCUT2D eigenvalue weighted by atomic mass is 16.6. The van der Waals surface area contributed by atoms with E-state index in [2.05, 4.69) is 15.5 Å². The number of carbonyl (C=O) groups is 1. The van der Waals surface area contributed by atoms with Crippen molar-refractivity contribution in [1.82, 2.24) is 24.9 Å². The van der Waals surface area contributed by atoms with Gasteiger partial charge in [0.05, 0.1) is 17.2 Å². The number of aromatic nitrogens is 4. The van der Waals surface area contributed by atoms with Gasteiger partial charge in [-0.2, -0.15) is 10.2 Å². The second kappa shape index (κ2) is 5.96. The van der Waals surface area contributed by atoms with Gasteiger partial charge in [0.2, 0.25) is 5.69 Å². The van der Waals surface area contributed by atoms with Crippen LogP contribution in [0.1, 0.15) is 41.6 Å². The number of nitrogens with one attached hydrogen (secondary N) is 1. The molecule has 0 fully saturated rings. The highest BCUT2D eigenvalue weighted by molar-refractivity contribution is 5.96. The minimum Gasteiger partial charge on any atom is -0.344 e. The lowest BCUT2D eigenvalue weighted by atomic mass is 10.1. The van der Waals surface area contributed by atoms with Crippen LogP contribution in [-0.2, 0) is 13.6 Å². The Morgan fingerprint density at radius 1 is 1.45 bits per heavy atom. The summed E-state index contributed by atoms with van der Waals surface area (Å²) in [6, 6.07) is -0.317. The SMILES string of the molecule is CCn1ncc(C(C)NC(=O)c2c([N+](=O)[O-])cnn2C)c1C. The summed E-state index contributed by atoms with van der Waals surface area (Å²) in [6.07, 6.45) is 2.77. The molecule has 0 bridgehead atoms. The Bertz CT molecular complexity index is 717. The average molecular weight is 306 g/mol. The van der Waals surface area contributed by atoms with Crippen molar-refractivity contribution in [2.24, 2.45) is 7.05 Å². The maximum atomic E-state index is 12.3. The van der Waals surface area contributed by atoms with Gasteiger partial charge in [0, 0.05) is 24.8 Å². The monoisotopic (exact) mass is 306 g/mol. The van der Waals surface area contributed by atoms with Crippen molar-refractivity contribution in [2.45, 2.75) is 33.4 Å². The standard InChI is InChI=1S/C13H18N6O3/c1-5-18-9(3)10(6-15-18)8(2)16-13(20)12-11(19(21)22)7-14-17(12)4/h6-8H,5H2,1-4H3,(H,16,20). The van der Waals surface area contributed by atoms with Gasteiger partial charge >= 0.3 is 5.69 Å². The van der Waals surface area contributed by atoms with E-state index in [1.807, 2.05) is 25.5 Å². The Morgan fingerprint density at radius 3 is 2.68 bits per heavy atom. The molecule has 0 aliphatic carbocycles. The summed E-state index contributed by atoms with van der Waals surface area (Å²) in [7, 11) is 1.49. The van der Waals surface area contributed by atoms with Crippen LogP contribution in [0.2, 0.25) is 0 Å². The zero-order chi connectivity index (χ0) is 16.4. The molecule has 22 heavy (non-hydrogen) atoms. The summed E-state index contributed by atoms with van der Waals surface area (Å²) in [5, 5.41) is 21.7. The van der Waals surface area contributed by atoms with Gasteiger partial charge in [-0.15, -0.1) is 0 Å². The Kier molecular flexibility index (Phi) is 4.25. The smallest absolute Gasteiger partial charge is 0.320 e. The first-order chi connectivity index (χ1) is 10.4. The fraction of sp³-hybridized carbons (Fsp3) is 0.462. The molecular weight excluding hydrogens is 288 g/mol. The van der Waals surface area contributed by atoms with Crippen molar-refractivity contribution in [2.75, 3.05) is 0 Å². The molecule has 1 atom stereocenters. The van der Waals surface area contributed by atoms with Crippen LogP contribution in [0.15, 0.2) is 12.4 Å². The molecule has 2 heterocycles. The number of nitrogens with zero attached hydrogens (tertiary/aromatic N) is 5. The average Bonchev–Trinajstić information content (AvgIpc) is 3.01. The minimum absolute atomic E-state index is 0.0719. The molecule has 0 saturated carbocycles. The Balaban J connectivity index is 2.23. The predicted octanol–water partition coefficient (Wildman–Crippen LogP) is 1.34. The molecule has 9 nitrogen and oxygen atoms in total. The lowest BCUT2D eigenvalue weighted by molar-refractivity contribution is -0.385. The van der Waals surface area contributed by atoms with E-state index in [1.165, 1.54) is 11.7 Å². The van der Waals surface area contributed by atoms with Gasteiger partial charge in [-0.1, -0.05) is 0 Å². The maximum absolute atomic E-state index is 12.3. The van der Waals surface area contributed by atoms with Crippen LogP contribution in [0.25, 0.3) is 0 Å². The molecular formula is C13H18N6O3. The molecule has 0 saturated heterocycles. The van der Waals surface area contributed by atoms with Gasteiger partial charge in [0.1, 0.15) is 6.20 Å². The molecule has 1 N–H and O–H groups in total. The second-order valence-corrected chi connectivity index (χ2v) is 4.96. The van der Waals surface area contributed by atoms with Crippen molar-refractivity contribution in [3.8, 4) is 0 Å². The lowest BCUT2D eigenvalue weighted by Crippen LogP contribution is -2.29. The molecule has 9 heteroatoms. The van der Waals surface area contributed by atoms with E-state index in [4.69, 9.17) is 0 Å². The van der Waals surface area contributed by atoms with Crippen molar-refractivity contribution < 1.29 is 9.72 Å². The van der Waals surface area contributed by atoms with Gasteiger partial charge < -0.3 is 5.32 Å². The summed E-state index contributed by atoms with van der Waals surface area (Å²) >= 11 is 0. The fourth-order valence-electron chi connectivity index (χ4n) is 2.37. The molecule has 0 aliphatic heterocycles. The number of amides is 1. The van der Waals surface area contributed by atoms with Gasteiger partial charge in [-0.3, -0.25) is 24.3 Å². The van der Waals surface area contributed by atoms with Crippen LogP contribution in [0.4, 0.5) is 5.69 Å². The number of carbonyl (C=O) groups excluding carboxylic acids is 1. The largest absolute Gasteiger partial charge is 0.344 e. The maximum Gasteiger partial charge on any atom is 0.320 e. The third-order valence-electron chi connectivity index (χ3n) is 3.59. The zero-order valence-electron chi connectivity index (χ0n) is 12.9. The zero-order valence-corrected chi connectivity index (χ0v) is 12.9. The van der Waals surface area contributed by atoms with E-state index >= 15 is 0 Å². The summed E-state index contributed by atoms with van der Waals surface area (Å²) in [5.74, 6) is -0.539. The number of rotatable bonds is 5. The highest BCUT2D eigenvalue weighted by Gasteiger charge is 2.27. The number of hydrogen-bond donors (Lipinski definition) is 1. The van der Waals surface area contributed by atoms with Crippen LogP contribution in [-0.4, -0.2) is 30.4 Å². The van der Waals surface area contributed by atoms with Gasteiger partial charge in [0.25, 0.3) is 5.91 Å². The van der Waals surface area contributed by atoms with E-state index in [1.54, 1.807) is 6.20 Å². The molecule has 0 radical (unpaired) electrons. The van der Waals surface area contributed by atoms with Gasteiger partial charge in [-0.05, 0) is 20.8 Å². The van der Waals surface area contributed by atoms with E-state index in [0.29, 0.717) is 0 Å². The lowest BCUT2D eigenvalue weighted by Gasteiger charge is -2.13. The number of nitro groups is 1. The first-order valence-corrected chi connectivity index (χ1v) is 6.86. The fourth-order valence-corrected chi connectivity index (χ4v) is 2.37. The highest BCUT2D eigenvalue weighted by Crippen LogP contribution is 2.20. The molecule has 0 spiro atoms. The molecule has 118 valence electrons. The first-order valence-electron chi connectivity index (χ1n) is 6.86. The molecule has 1 amide bonds. The second-order valence-electron chi connectivity index (χ2n) is 4.96. The number of aryl methyl sites for hydroxylation is 2. The third-order valence-corrected chi connectivity index (χ3v) is 3.59. The summed E-state index contributed by atoms with van der Waals surface area (Å²) in [5.41, 5.74) is 1.44. The summed E-state index contributed by atoms with van der Waals surface area (Å²) < 4.78 is 3.02. The molecule has 2 aromatic heterocycles. The predicted molar refractivity (Wildman–Crippen MR) is 78.4 cm³/mol. The van der Waals surface area contributed by atoms with E-state index in [0.717, 1.165) is 24.0 Å². The molecule has 1 unspecified atom stereocenters. The first kappa shape index (κ1) is 15.7. The van der Waals surface area contributed by atoms with Crippen LogP contribution >= 0.6 is 0 Å². The Morgan fingerprint density at radius 2 is 2.14 bits per heavy atom. The van der Waals surface area contributed by atoms with Crippen LogP contribution in [0.3, 0.4) is 0 Å². The van der Waals surface area contributed by atoms with E-state index in [-0.39, 0.29) is 17.4 Å². The number of hydrogen-bond acceptors (Lipinski definition) is 5. The van der Waals surface area contributed by atoms with Crippen molar-refractivity contribution in [3.05, 3.63) is 39.5 Å². The van der Waals surface area contributed by atoms with E-state index in [9.17, 15) is 14.9 Å². The van der Waals surface area contributed by atoms with Gasteiger partial charge in [-0.25, -0.2) is 0 Å². The minimum atomic E-state index is -0.618. The van der Waals surface area contributed by atoms with Crippen molar-refractivity contribution in [1.29, 1.82) is 0 Å². The molecule has 2 aromatic rings. The molecule has 0 aliphatic rings. The third kappa shape index (κ3) is 2.69.